The maximum absolute atomic E-state index is 3.77. The Labute approximate surface area is 82.0 Å². The number of nitrogens with zero attached hydrogens (tertiary/aromatic N) is 1. The van der Waals surface area contributed by atoms with Crippen molar-refractivity contribution >= 4 is 0 Å². The quantitative estimate of drug-likeness (QED) is 0.650. The molecular weight excluding hydrogens is 160 g/mol. The molecule has 1 N–H and O–H groups in total. The largest absolute Gasteiger partial charge is 0.318 e. The van der Waals surface area contributed by atoms with Gasteiger partial charge < -0.3 is 5.32 Å². The van der Waals surface area contributed by atoms with Crippen molar-refractivity contribution in [1.82, 2.24) is 10.2 Å². The lowest BCUT2D eigenvalue weighted by Crippen LogP contribution is -2.45. The average molecular weight is 182 g/mol. The van der Waals surface area contributed by atoms with Crippen molar-refractivity contribution in [2.45, 2.75) is 31.7 Å². The monoisotopic (exact) mass is 182 g/mol. The molecule has 13 heavy (non-hydrogen) atoms. The maximum Gasteiger partial charge on any atom is 0.0220 e. The average Bonchev–Trinajstić information content (AvgIpc) is 2.17. The lowest BCUT2D eigenvalue weighted by atomic mass is 10.0. The van der Waals surface area contributed by atoms with Gasteiger partial charge in [0, 0.05) is 19.1 Å². The Morgan fingerprint density at radius 3 is 3.08 bits per heavy atom. The first-order valence-electron chi connectivity index (χ1n) is 5.38. The second-order valence-corrected chi connectivity index (χ2v) is 3.82. The topological polar surface area (TPSA) is 15.3 Å². The molecule has 0 bridgehead atoms. The molecule has 0 aromatic rings. The van der Waals surface area contributed by atoms with E-state index in [2.05, 4.69) is 16.8 Å². The van der Waals surface area contributed by atoms with Gasteiger partial charge in [-0.25, -0.2) is 0 Å². The molecule has 1 aliphatic rings. The van der Waals surface area contributed by atoms with Crippen LogP contribution in [-0.2, 0) is 0 Å². The maximum atomic E-state index is 3.77. The Bertz CT molecular complexity index is 143. The van der Waals surface area contributed by atoms with Gasteiger partial charge in [0.05, 0.1) is 0 Å². The standard InChI is InChI=1S/C11H22N2/c1-3-4-8-13-9-6-5-7-11(13)10-12-2/h3,11-12H,1,4-10H2,2H3. The van der Waals surface area contributed by atoms with Crippen molar-refractivity contribution < 1.29 is 0 Å². The first-order valence-corrected chi connectivity index (χ1v) is 5.38. The molecule has 1 rings (SSSR count). The summed E-state index contributed by atoms with van der Waals surface area (Å²) in [6.45, 7) is 7.38. The normalized spacial score (nSPS) is 24.5. The van der Waals surface area contributed by atoms with Crippen LogP contribution in [0.25, 0.3) is 0 Å². The first-order chi connectivity index (χ1) is 6.38. The number of rotatable bonds is 5. The fourth-order valence-corrected chi connectivity index (χ4v) is 2.08. The minimum absolute atomic E-state index is 0.763. The van der Waals surface area contributed by atoms with E-state index in [1.165, 1.54) is 32.4 Å². The summed E-state index contributed by atoms with van der Waals surface area (Å²) in [7, 11) is 2.04. The molecule has 1 unspecified atom stereocenters. The van der Waals surface area contributed by atoms with Crippen molar-refractivity contribution in [1.29, 1.82) is 0 Å². The molecule has 2 heteroatoms. The number of hydrogen-bond acceptors (Lipinski definition) is 2. The molecule has 1 heterocycles. The van der Waals surface area contributed by atoms with Crippen LogP contribution in [0, 0.1) is 0 Å². The molecule has 0 aliphatic carbocycles. The molecule has 0 aromatic carbocycles. The zero-order valence-electron chi connectivity index (χ0n) is 8.76. The van der Waals surface area contributed by atoms with Gasteiger partial charge in [-0.2, -0.15) is 0 Å². The Morgan fingerprint density at radius 1 is 1.54 bits per heavy atom. The van der Waals surface area contributed by atoms with Crippen LogP contribution in [0.2, 0.25) is 0 Å². The molecule has 76 valence electrons. The van der Waals surface area contributed by atoms with Gasteiger partial charge in [0.2, 0.25) is 0 Å². The highest BCUT2D eigenvalue weighted by Crippen LogP contribution is 2.16. The van der Waals surface area contributed by atoms with Crippen molar-refractivity contribution in [2.75, 3.05) is 26.7 Å². The van der Waals surface area contributed by atoms with E-state index in [4.69, 9.17) is 0 Å². The molecule has 0 spiro atoms. The first kappa shape index (κ1) is 10.7. The van der Waals surface area contributed by atoms with E-state index < -0.39 is 0 Å². The van der Waals surface area contributed by atoms with E-state index >= 15 is 0 Å². The third-order valence-electron chi connectivity index (χ3n) is 2.81. The molecule has 1 atom stereocenters. The third-order valence-corrected chi connectivity index (χ3v) is 2.81. The van der Waals surface area contributed by atoms with E-state index in [0.29, 0.717) is 0 Å². The molecule has 0 aromatic heterocycles. The number of likely N-dealkylation sites (N-methyl/N-ethyl adjacent to an activating group) is 1. The van der Waals surface area contributed by atoms with Crippen LogP contribution >= 0.6 is 0 Å². The molecule has 1 saturated heterocycles. The minimum atomic E-state index is 0.763. The lowest BCUT2D eigenvalue weighted by Gasteiger charge is -2.35. The minimum Gasteiger partial charge on any atom is -0.318 e. The smallest absolute Gasteiger partial charge is 0.0220 e. The van der Waals surface area contributed by atoms with Gasteiger partial charge in [0.15, 0.2) is 0 Å². The predicted molar refractivity (Wildman–Crippen MR) is 58.0 cm³/mol. The SMILES string of the molecule is C=CCCN1CCCCC1CNC. The summed E-state index contributed by atoms with van der Waals surface area (Å²) in [6, 6.07) is 0.763. The van der Waals surface area contributed by atoms with Crippen LogP contribution in [0.4, 0.5) is 0 Å². The van der Waals surface area contributed by atoms with E-state index in [9.17, 15) is 0 Å². The zero-order valence-corrected chi connectivity index (χ0v) is 8.76. The third kappa shape index (κ3) is 3.49. The summed E-state index contributed by atoms with van der Waals surface area (Å²) >= 11 is 0. The van der Waals surface area contributed by atoms with Crippen molar-refractivity contribution in [3.05, 3.63) is 12.7 Å². The summed E-state index contributed by atoms with van der Waals surface area (Å²) in [5, 5.41) is 3.28. The van der Waals surface area contributed by atoms with Crippen LogP contribution in [0.5, 0.6) is 0 Å². The molecule has 0 amide bonds. The highest BCUT2D eigenvalue weighted by Gasteiger charge is 2.20. The molecule has 1 fully saturated rings. The van der Waals surface area contributed by atoms with Gasteiger partial charge in [0.25, 0.3) is 0 Å². The molecular formula is C11H22N2. The Balaban J connectivity index is 2.31. The van der Waals surface area contributed by atoms with E-state index in [1.54, 1.807) is 0 Å². The highest BCUT2D eigenvalue weighted by molar-refractivity contribution is 4.80. The van der Waals surface area contributed by atoms with Gasteiger partial charge in [-0.05, 0) is 32.9 Å². The van der Waals surface area contributed by atoms with Crippen molar-refractivity contribution in [2.24, 2.45) is 0 Å². The van der Waals surface area contributed by atoms with E-state index in [-0.39, 0.29) is 0 Å². The van der Waals surface area contributed by atoms with Gasteiger partial charge in [-0.15, -0.1) is 6.58 Å². The molecule has 1 aliphatic heterocycles. The summed E-state index contributed by atoms with van der Waals surface area (Å²) in [6.07, 6.45) is 7.28. The van der Waals surface area contributed by atoms with Crippen molar-refractivity contribution in [3.8, 4) is 0 Å². The summed E-state index contributed by atoms with van der Waals surface area (Å²) < 4.78 is 0. The molecule has 2 nitrogen and oxygen atoms in total. The fourth-order valence-electron chi connectivity index (χ4n) is 2.08. The number of likely N-dealkylation sites (tertiary alicyclic amines) is 1. The predicted octanol–water partition coefficient (Wildman–Crippen LogP) is 1.64. The Morgan fingerprint density at radius 2 is 2.38 bits per heavy atom. The van der Waals surface area contributed by atoms with Crippen LogP contribution in [-0.4, -0.2) is 37.6 Å². The Kier molecular flexibility index (Phi) is 5.09. The molecule has 0 saturated carbocycles. The lowest BCUT2D eigenvalue weighted by molar-refractivity contribution is 0.150. The second kappa shape index (κ2) is 6.17. The van der Waals surface area contributed by atoms with Gasteiger partial charge >= 0.3 is 0 Å². The van der Waals surface area contributed by atoms with Crippen LogP contribution < -0.4 is 5.32 Å². The number of piperidine rings is 1. The summed E-state index contributed by atoms with van der Waals surface area (Å²) in [4.78, 5) is 2.60. The molecule has 0 radical (unpaired) electrons. The van der Waals surface area contributed by atoms with Crippen LogP contribution in [0.15, 0.2) is 12.7 Å². The summed E-state index contributed by atoms with van der Waals surface area (Å²) in [5.74, 6) is 0. The van der Waals surface area contributed by atoms with Gasteiger partial charge in [-0.1, -0.05) is 12.5 Å². The van der Waals surface area contributed by atoms with Gasteiger partial charge in [0.1, 0.15) is 0 Å². The highest BCUT2D eigenvalue weighted by atomic mass is 15.2. The van der Waals surface area contributed by atoms with Crippen molar-refractivity contribution in [3.63, 3.8) is 0 Å². The Hall–Kier alpha value is -0.340. The number of nitrogens with one attached hydrogen (secondary N) is 1. The van der Waals surface area contributed by atoms with Gasteiger partial charge in [-0.3, -0.25) is 4.90 Å². The fraction of sp³-hybridized carbons (Fsp3) is 0.818. The van der Waals surface area contributed by atoms with E-state index in [1.807, 2.05) is 13.1 Å². The zero-order chi connectivity index (χ0) is 9.52. The number of hydrogen-bond donors (Lipinski definition) is 1. The summed E-state index contributed by atoms with van der Waals surface area (Å²) in [5.41, 5.74) is 0. The van der Waals surface area contributed by atoms with Crippen LogP contribution in [0.3, 0.4) is 0 Å². The second-order valence-electron chi connectivity index (χ2n) is 3.82. The van der Waals surface area contributed by atoms with E-state index in [0.717, 1.165) is 19.0 Å². The van der Waals surface area contributed by atoms with Crippen LogP contribution in [0.1, 0.15) is 25.7 Å².